The summed E-state index contributed by atoms with van der Waals surface area (Å²) < 4.78 is 5.14. The van der Waals surface area contributed by atoms with E-state index in [4.69, 9.17) is 21.4 Å². The van der Waals surface area contributed by atoms with Crippen LogP contribution < -0.4 is 10.1 Å². The Labute approximate surface area is 132 Å². The van der Waals surface area contributed by atoms with Crippen LogP contribution in [-0.2, 0) is 0 Å². The Morgan fingerprint density at radius 3 is 2.50 bits per heavy atom. The van der Waals surface area contributed by atoms with Gasteiger partial charge in [0, 0.05) is 5.56 Å². The predicted molar refractivity (Wildman–Crippen MR) is 84.1 cm³/mol. The van der Waals surface area contributed by atoms with Gasteiger partial charge in [0.15, 0.2) is 5.75 Å². The highest BCUT2D eigenvalue weighted by Crippen LogP contribution is 2.34. The van der Waals surface area contributed by atoms with Crippen LogP contribution in [0.3, 0.4) is 0 Å². The molecule has 2 N–H and O–H groups in total. The Morgan fingerprint density at radius 1 is 1.23 bits per heavy atom. The summed E-state index contributed by atoms with van der Waals surface area (Å²) >= 11 is 6.00. The van der Waals surface area contributed by atoms with Gasteiger partial charge in [0.1, 0.15) is 0 Å². The number of anilines is 1. The number of nitrogens with one attached hydrogen (secondary N) is 1. The van der Waals surface area contributed by atoms with Crippen LogP contribution in [0.1, 0.15) is 26.3 Å². The molecule has 0 atom stereocenters. The highest BCUT2D eigenvalue weighted by molar-refractivity contribution is 6.33. The number of aryl methyl sites for hydroxylation is 1. The van der Waals surface area contributed by atoms with E-state index < -0.39 is 5.97 Å². The van der Waals surface area contributed by atoms with Crippen LogP contribution in [0, 0.1) is 6.92 Å². The van der Waals surface area contributed by atoms with Gasteiger partial charge < -0.3 is 15.2 Å². The number of hydrogen-bond acceptors (Lipinski definition) is 3. The zero-order valence-corrected chi connectivity index (χ0v) is 12.8. The molecule has 0 bridgehead atoms. The summed E-state index contributed by atoms with van der Waals surface area (Å²) in [4.78, 5) is 23.4. The van der Waals surface area contributed by atoms with E-state index in [9.17, 15) is 9.59 Å². The first kappa shape index (κ1) is 15.9. The molecule has 2 rings (SSSR count). The van der Waals surface area contributed by atoms with E-state index in [1.807, 2.05) is 19.1 Å². The van der Waals surface area contributed by atoms with Gasteiger partial charge in [-0.15, -0.1) is 0 Å². The first-order chi connectivity index (χ1) is 10.4. The number of carboxylic acid groups (broad SMARTS) is 1. The second-order valence-corrected chi connectivity index (χ2v) is 5.02. The highest BCUT2D eigenvalue weighted by Gasteiger charge is 2.17. The van der Waals surface area contributed by atoms with Crippen molar-refractivity contribution in [3.05, 3.63) is 58.1 Å². The van der Waals surface area contributed by atoms with Crippen LogP contribution in [0.5, 0.6) is 5.75 Å². The summed E-state index contributed by atoms with van der Waals surface area (Å²) in [6.07, 6.45) is 0. The molecule has 0 aliphatic rings. The summed E-state index contributed by atoms with van der Waals surface area (Å²) in [6, 6.07) is 9.65. The van der Waals surface area contributed by atoms with Crippen molar-refractivity contribution in [2.45, 2.75) is 6.92 Å². The molecule has 2 aromatic rings. The Bertz CT molecular complexity index is 743. The molecule has 0 fully saturated rings. The number of rotatable bonds is 4. The number of ether oxygens (including phenoxy) is 1. The normalized spacial score (nSPS) is 10.1. The van der Waals surface area contributed by atoms with E-state index in [-0.39, 0.29) is 27.9 Å². The standard InChI is InChI=1S/C16H14ClNO4/c1-9-5-3-4-6-11(9)15(19)18-13-8-10(16(20)21)7-12(17)14(13)22-2/h3-8H,1-2H3,(H,18,19)(H,20,21). The average molecular weight is 320 g/mol. The first-order valence-electron chi connectivity index (χ1n) is 6.42. The fourth-order valence-corrected chi connectivity index (χ4v) is 2.33. The van der Waals surface area contributed by atoms with Gasteiger partial charge in [-0.05, 0) is 30.7 Å². The number of carbonyl (C=O) groups excluding carboxylic acids is 1. The lowest BCUT2D eigenvalue weighted by atomic mass is 10.1. The van der Waals surface area contributed by atoms with Crippen molar-refractivity contribution in [1.82, 2.24) is 0 Å². The molecule has 0 aliphatic carbocycles. The third-order valence-electron chi connectivity index (χ3n) is 3.13. The summed E-state index contributed by atoms with van der Waals surface area (Å²) in [7, 11) is 1.39. The Balaban J connectivity index is 2.42. The van der Waals surface area contributed by atoms with Crippen LogP contribution >= 0.6 is 11.6 Å². The number of carboxylic acids is 1. The third-order valence-corrected chi connectivity index (χ3v) is 3.41. The van der Waals surface area contributed by atoms with Crippen molar-refractivity contribution in [3.63, 3.8) is 0 Å². The highest BCUT2D eigenvalue weighted by atomic mass is 35.5. The average Bonchev–Trinajstić information content (AvgIpc) is 2.47. The second kappa shape index (κ2) is 6.49. The zero-order valence-electron chi connectivity index (χ0n) is 12.0. The van der Waals surface area contributed by atoms with Gasteiger partial charge in [-0.3, -0.25) is 4.79 Å². The lowest BCUT2D eigenvalue weighted by molar-refractivity contribution is 0.0696. The second-order valence-electron chi connectivity index (χ2n) is 4.61. The molecule has 0 radical (unpaired) electrons. The van der Waals surface area contributed by atoms with Crippen LogP contribution in [0.4, 0.5) is 5.69 Å². The van der Waals surface area contributed by atoms with Crippen LogP contribution in [0.15, 0.2) is 36.4 Å². The largest absolute Gasteiger partial charge is 0.493 e. The van der Waals surface area contributed by atoms with E-state index in [1.54, 1.807) is 12.1 Å². The molecule has 0 heterocycles. The minimum atomic E-state index is -1.14. The fraction of sp³-hybridized carbons (Fsp3) is 0.125. The zero-order chi connectivity index (χ0) is 16.3. The van der Waals surface area contributed by atoms with Crippen molar-refractivity contribution < 1.29 is 19.4 Å². The molecule has 0 unspecified atom stereocenters. The van der Waals surface area contributed by atoms with Crippen molar-refractivity contribution in [2.24, 2.45) is 0 Å². The van der Waals surface area contributed by atoms with Gasteiger partial charge in [-0.2, -0.15) is 0 Å². The van der Waals surface area contributed by atoms with Gasteiger partial charge in [0.2, 0.25) is 0 Å². The van der Waals surface area contributed by atoms with Gasteiger partial charge >= 0.3 is 5.97 Å². The number of benzene rings is 2. The van der Waals surface area contributed by atoms with Crippen LogP contribution in [0.25, 0.3) is 0 Å². The number of carbonyl (C=O) groups is 2. The summed E-state index contributed by atoms with van der Waals surface area (Å²) in [5.41, 5.74) is 1.47. The smallest absolute Gasteiger partial charge is 0.335 e. The molecule has 0 aromatic heterocycles. The minimum Gasteiger partial charge on any atom is -0.493 e. The van der Waals surface area contributed by atoms with Gasteiger partial charge in [0.05, 0.1) is 23.4 Å². The predicted octanol–water partition coefficient (Wildman–Crippen LogP) is 3.61. The van der Waals surface area contributed by atoms with Gasteiger partial charge in [-0.1, -0.05) is 29.8 Å². The molecular weight excluding hydrogens is 306 g/mol. The van der Waals surface area contributed by atoms with E-state index in [1.165, 1.54) is 19.2 Å². The van der Waals surface area contributed by atoms with Crippen molar-refractivity contribution in [2.75, 3.05) is 12.4 Å². The van der Waals surface area contributed by atoms with E-state index in [0.29, 0.717) is 5.56 Å². The number of hydrogen-bond donors (Lipinski definition) is 2. The maximum atomic E-state index is 12.3. The van der Waals surface area contributed by atoms with Crippen molar-refractivity contribution in [1.29, 1.82) is 0 Å². The molecule has 22 heavy (non-hydrogen) atoms. The molecule has 0 saturated carbocycles. The lowest BCUT2D eigenvalue weighted by Crippen LogP contribution is -2.14. The molecule has 1 amide bonds. The lowest BCUT2D eigenvalue weighted by Gasteiger charge is -2.13. The summed E-state index contributed by atoms with van der Waals surface area (Å²) in [5, 5.41) is 11.8. The molecule has 2 aromatic carbocycles. The maximum absolute atomic E-state index is 12.3. The van der Waals surface area contributed by atoms with Gasteiger partial charge in [0.25, 0.3) is 5.91 Å². The maximum Gasteiger partial charge on any atom is 0.335 e. The number of aromatic carboxylic acids is 1. The Hall–Kier alpha value is -2.53. The van der Waals surface area contributed by atoms with Gasteiger partial charge in [-0.25, -0.2) is 4.79 Å². The summed E-state index contributed by atoms with van der Waals surface area (Å²) in [6.45, 7) is 1.81. The SMILES string of the molecule is COc1c(Cl)cc(C(=O)O)cc1NC(=O)c1ccccc1C. The molecule has 114 valence electrons. The Morgan fingerprint density at radius 2 is 1.91 bits per heavy atom. The molecule has 0 saturated heterocycles. The monoisotopic (exact) mass is 319 g/mol. The number of methoxy groups -OCH3 is 1. The molecular formula is C16H14ClNO4. The topological polar surface area (TPSA) is 75.6 Å². The number of halogens is 1. The molecule has 6 heteroatoms. The van der Waals surface area contributed by atoms with Crippen molar-refractivity contribution in [3.8, 4) is 5.75 Å². The quantitative estimate of drug-likeness (QED) is 0.902. The summed E-state index contributed by atoms with van der Waals surface area (Å²) in [5.74, 6) is -1.29. The first-order valence-corrected chi connectivity index (χ1v) is 6.79. The van der Waals surface area contributed by atoms with E-state index in [0.717, 1.165) is 5.56 Å². The van der Waals surface area contributed by atoms with E-state index in [2.05, 4.69) is 5.32 Å². The molecule has 5 nitrogen and oxygen atoms in total. The van der Waals surface area contributed by atoms with Crippen LogP contribution in [0.2, 0.25) is 5.02 Å². The molecule has 0 spiro atoms. The molecule has 0 aliphatic heterocycles. The van der Waals surface area contributed by atoms with Crippen LogP contribution in [-0.4, -0.2) is 24.1 Å². The van der Waals surface area contributed by atoms with Crippen molar-refractivity contribution >= 4 is 29.2 Å². The fourth-order valence-electron chi connectivity index (χ4n) is 2.03. The number of amides is 1. The Kier molecular flexibility index (Phi) is 4.68. The minimum absolute atomic E-state index is 0.0362. The van der Waals surface area contributed by atoms with E-state index >= 15 is 0 Å². The third kappa shape index (κ3) is 3.20.